The molecule has 0 saturated carbocycles. The third-order valence-corrected chi connectivity index (χ3v) is 5.84. The number of fused-ring (bicyclic) bond motifs is 1. The number of hydrogen-bond donors (Lipinski definition) is 0. The summed E-state index contributed by atoms with van der Waals surface area (Å²) in [5.41, 5.74) is 2.48. The van der Waals surface area contributed by atoms with E-state index >= 15 is 0 Å². The van der Waals surface area contributed by atoms with Crippen LogP contribution < -0.4 is 9.47 Å². The Balaban J connectivity index is 1.60. The summed E-state index contributed by atoms with van der Waals surface area (Å²) in [5, 5.41) is 2.84. The molecule has 3 aromatic carbocycles. The van der Waals surface area contributed by atoms with E-state index in [1.165, 1.54) is 15.7 Å². The fourth-order valence-corrected chi connectivity index (χ4v) is 3.80. The van der Waals surface area contributed by atoms with Crippen LogP contribution >= 0.6 is 12.2 Å². The smallest absolute Gasteiger partial charge is 0.276 e. The molecular weight excluding hydrogens is 408 g/mol. The Morgan fingerprint density at radius 2 is 1.71 bits per heavy atom. The van der Waals surface area contributed by atoms with Crippen LogP contribution in [0, 0.1) is 0 Å². The average Bonchev–Trinajstić information content (AvgIpc) is 2.96. The molecule has 31 heavy (non-hydrogen) atoms. The predicted molar refractivity (Wildman–Crippen MR) is 127 cm³/mol. The molecule has 1 aliphatic rings. The predicted octanol–water partition coefficient (Wildman–Crippen LogP) is 4.85. The molecule has 0 aliphatic carbocycles. The number of ether oxygens (including phenoxy) is 2. The molecule has 158 valence electrons. The second-order valence-electron chi connectivity index (χ2n) is 7.30. The van der Waals surface area contributed by atoms with Crippen LogP contribution in [0.3, 0.4) is 0 Å². The van der Waals surface area contributed by atoms with Crippen molar-refractivity contribution in [2.75, 3.05) is 20.7 Å². The van der Waals surface area contributed by atoms with Gasteiger partial charge in [0.05, 0.1) is 6.61 Å². The summed E-state index contributed by atoms with van der Waals surface area (Å²) in [4.78, 5) is 15.6. The maximum absolute atomic E-state index is 12.4. The van der Waals surface area contributed by atoms with E-state index < -0.39 is 0 Å². The second kappa shape index (κ2) is 8.78. The zero-order chi connectivity index (χ0) is 22.0. The molecule has 6 heteroatoms. The first-order valence-corrected chi connectivity index (χ1v) is 10.5. The lowest BCUT2D eigenvalue weighted by Gasteiger charge is -2.14. The van der Waals surface area contributed by atoms with Crippen molar-refractivity contribution in [2.24, 2.45) is 0 Å². The fourth-order valence-electron chi connectivity index (χ4n) is 3.62. The van der Waals surface area contributed by atoms with Crippen molar-refractivity contribution >= 4 is 40.1 Å². The zero-order valence-electron chi connectivity index (χ0n) is 17.8. The highest BCUT2D eigenvalue weighted by atomic mass is 32.1. The summed E-state index contributed by atoms with van der Waals surface area (Å²) in [6, 6.07) is 20.1. The lowest BCUT2D eigenvalue weighted by molar-refractivity contribution is -0.121. The third-order valence-electron chi connectivity index (χ3n) is 5.29. The normalized spacial score (nSPS) is 15.3. The second-order valence-corrected chi connectivity index (χ2v) is 7.67. The highest BCUT2D eigenvalue weighted by Gasteiger charge is 2.32. The Hall–Kier alpha value is -3.38. The van der Waals surface area contributed by atoms with Crippen LogP contribution in [-0.2, 0) is 11.4 Å². The Kier molecular flexibility index (Phi) is 5.91. The van der Waals surface area contributed by atoms with Crippen LogP contribution in [0.15, 0.2) is 66.4 Å². The Morgan fingerprint density at radius 1 is 0.935 bits per heavy atom. The zero-order valence-corrected chi connectivity index (χ0v) is 18.6. The van der Waals surface area contributed by atoms with E-state index in [4.69, 9.17) is 21.7 Å². The van der Waals surface area contributed by atoms with Gasteiger partial charge in [-0.2, -0.15) is 0 Å². The SMILES string of the molecule is CCOc1cc(/C=C2/C(=O)N(C)C(=S)N2C)ccc1OCc1cccc2ccccc12. The monoisotopic (exact) mass is 432 g/mol. The minimum absolute atomic E-state index is 0.123. The topological polar surface area (TPSA) is 42.0 Å². The van der Waals surface area contributed by atoms with E-state index in [0.29, 0.717) is 35.5 Å². The third kappa shape index (κ3) is 4.11. The molecule has 3 aromatic rings. The standard InChI is InChI=1S/C25H24N2O3S/c1-4-29-23-15-17(14-21-24(28)27(3)25(31)26(21)2)12-13-22(23)30-16-19-10-7-9-18-8-5-6-11-20(18)19/h5-15H,4,16H2,1-3H3/b21-14-. The van der Waals surface area contributed by atoms with Crippen molar-refractivity contribution in [1.29, 1.82) is 0 Å². The quantitative estimate of drug-likeness (QED) is 0.412. The molecule has 1 heterocycles. The highest BCUT2D eigenvalue weighted by molar-refractivity contribution is 7.80. The minimum atomic E-state index is -0.123. The van der Waals surface area contributed by atoms with Crippen molar-refractivity contribution in [1.82, 2.24) is 9.80 Å². The van der Waals surface area contributed by atoms with Gasteiger partial charge in [0.1, 0.15) is 12.3 Å². The van der Waals surface area contributed by atoms with Crippen LogP contribution in [0.4, 0.5) is 0 Å². The molecule has 1 amide bonds. The number of likely N-dealkylation sites (N-methyl/N-ethyl adjacent to an activating group) is 2. The molecule has 0 bridgehead atoms. The summed E-state index contributed by atoms with van der Waals surface area (Å²) in [7, 11) is 3.47. The Morgan fingerprint density at radius 3 is 2.45 bits per heavy atom. The molecular formula is C25H24N2O3S. The van der Waals surface area contributed by atoms with Crippen molar-refractivity contribution in [3.63, 3.8) is 0 Å². The van der Waals surface area contributed by atoms with E-state index in [9.17, 15) is 4.79 Å². The van der Waals surface area contributed by atoms with E-state index in [1.807, 2.05) is 49.4 Å². The molecule has 5 nitrogen and oxygen atoms in total. The van der Waals surface area contributed by atoms with E-state index in [-0.39, 0.29) is 5.91 Å². The van der Waals surface area contributed by atoms with Gasteiger partial charge in [-0.1, -0.05) is 48.5 Å². The van der Waals surface area contributed by atoms with Crippen LogP contribution in [0.1, 0.15) is 18.1 Å². The van der Waals surface area contributed by atoms with Crippen molar-refractivity contribution in [3.05, 3.63) is 77.5 Å². The number of amides is 1. The number of nitrogens with zero attached hydrogens (tertiary/aromatic N) is 2. The Bertz CT molecular complexity index is 1180. The summed E-state index contributed by atoms with van der Waals surface area (Å²) >= 11 is 5.28. The molecule has 0 aromatic heterocycles. The molecule has 0 unspecified atom stereocenters. The number of thiocarbonyl (C=S) groups is 1. The molecule has 0 radical (unpaired) electrons. The lowest BCUT2D eigenvalue weighted by Crippen LogP contribution is -2.26. The largest absolute Gasteiger partial charge is 0.490 e. The molecule has 4 rings (SSSR count). The first-order chi connectivity index (χ1) is 15.0. The first-order valence-electron chi connectivity index (χ1n) is 10.1. The summed E-state index contributed by atoms with van der Waals surface area (Å²) in [6.07, 6.45) is 1.81. The average molecular weight is 433 g/mol. The molecule has 1 aliphatic heterocycles. The van der Waals surface area contributed by atoms with Gasteiger partial charge >= 0.3 is 0 Å². The maximum atomic E-state index is 12.4. The number of benzene rings is 3. The van der Waals surface area contributed by atoms with Gasteiger partial charge in [-0.05, 0) is 59.2 Å². The van der Waals surface area contributed by atoms with Crippen LogP contribution in [0.2, 0.25) is 0 Å². The summed E-state index contributed by atoms with van der Waals surface area (Å²) in [6.45, 7) is 2.87. The Labute approximate surface area is 187 Å². The summed E-state index contributed by atoms with van der Waals surface area (Å²) in [5.74, 6) is 1.18. The number of hydrogen-bond acceptors (Lipinski definition) is 4. The summed E-state index contributed by atoms with van der Waals surface area (Å²) < 4.78 is 12.0. The first kappa shape index (κ1) is 20.9. The molecule has 1 fully saturated rings. The van der Waals surface area contributed by atoms with Crippen molar-refractivity contribution < 1.29 is 14.3 Å². The van der Waals surface area contributed by atoms with E-state index in [1.54, 1.807) is 19.0 Å². The van der Waals surface area contributed by atoms with Crippen molar-refractivity contribution in [2.45, 2.75) is 13.5 Å². The lowest BCUT2D eigenvalue weighted by atomic mass is 10.1. The highest BCUT2D eigenvalue weighted by Crippen LogP contribution is 2.32. The van der Waals surface area contributed by atoms with Gasteiger partial charge in [0, 0.05) is 14.1 Å². The number of carbonyl (C=O) groups is 1. The fraction of sp³-hybridized carbons (Fsp3) is 0.200. The van der Waals surface area contributed by atoms with Crippen molar-refractivity contribution in [3.8, 4) is 11.5 Å². The van der Waals surface area contributed by atoms with Gasteiger partial charge in [-0.3, -0.25) is 9.69 Å². The number of rotatable bonds is 6. The molecule has 0 N–H and O–H groups in total. The van der Waals surface area contributed by atoms with Gasteiger partial charge in [-0.15, -0.1) is 0 Å². The van der Waals surface area contributed by atoms with Gasteiger partial charge < -0.3 is 14.4 Å². The van der Waals surface area contributed by atoms with Crippen LogP contribution in [0.25, 0.3) is 16.8 Å². The van der Waals surface area contributed by atoms with E-state index in [0.717, 1.165) is 11.1 Å². The van der Waals surface area contributed by atoms with E-state index in [2.05, 4.69) is 24.3 Å². The van der Waals surface area contributed by atoms with Crippen LogP contribution in [-0.4, -0.2) is 41.5 Å². The number of carbonyl (C=O) groups excluding carboxylic acids is 1. The van der Waals surface area contributed by atoms with Crippen LogP contribution in [0.5, 0.6) is 11.5 Å². The molecule has 0 atom stereocenters. The minimum Gasteiger partial charge on any atom is -0.490 e. The maximum Gasteiger partial charge on any atom is 0.276 e. The van der Waals surface area contributed by atoms with Gasteiger partial charge in [0.15, 0.2) is 16.6 Å². The molecule has 0 spiro atoms. The molecule has 1 saturated heterocycles. The van der Waals surface area contributed by atoms with Gasteiger partial charge in [-0.25, -0.2) is 0 Å². The van der Waals surface area contributed by atoms with Gasteiger partial charge in [0.25, 0.3) is 5.91 Å². The van der Waals surface area contributed by atoms with Gasteiger partial charge in [0.2, 0.25) is 0 Å².